The van der Waals surface area contributed by atoms with Crippen LogP contribution in [0, 0.1) is 0 Å². The second kappa shape index (κ2) is 4.14. The molecule has 1 atom stereocenters. The largest absolute Gasteiger partial charge is 0.391 e. The van der Waals surface area contributed by atoms with E-state index in [0.717, 1.165) is 6.26 Å². The zero-order valence-corrected chi connectivity index (χ0v) is 10.7. The Bertz CT molecular complexity index is 464. The number of aliphatic hydroxyl groups excluding tert-OH is 1. The Kier molecular flexibility index (Phi) is 3.39. The van der Waals surface area contributed by atoms with Crippen molar-refractivity contribution in [2.45, 2.75) is 31.1 Å². The van der Waals surface area contributed by atoms with Crippen LogP contribution in [-0.4, -0.2) is 45.4 Å². The summed E-state index contributed by atoms with van der Waals surface area (Å²) < 4.78 is 23.3. The van der Waals surface area contributed by atoms with Crippen molar-refractivity contribution in [2.75, 3.05) is 6.26 Å². The summed E-state index contributed by atoms with van der Waals surface area (Å²) in [4.78, 5) is 3.95. The molecule has 16 heavy (non-hydrogen) atoms. The minimum atomic E-state index is -3.33. The molecule has 0 spiro atoms. The van der Waals surface area contributed by atoms with Gasteiger partial charge in [-0.05, 0) is 13.8 Å². The van der Waals surface area contributed by atoms with Crippen LogP contribution in [0.5, 0.6) is 0 Å². The van der Waals surface area contributed by atoms with E-state index in [9.17, 15) is 13.5 Å². The first-order valence-corrected chi connectivity index (χ1v) is 6.76. The van der Waals surface area contributed by atoms with E-state index in [4.69, 9.17) is 0 Å². The first kappa shape index (κ1) is 13.1. The van der Waals surface area contributed by atoms with E-state index < -0.39 is 20.7 Å². The highest BCUT2D eigenvalue weighted by Crippen LogP contribution is 2.22. The van der Waals surface area contributed by atoms with Crippen molar-refractivity contribution in [1.29, 1.82) is 0 Å². The third-order valence-corrected chi connectivity index (χ3v) is 5.12. The lowest BCUT2D eigenvalue weighted by molar-refractivity contribution is 0.134. The maximum atomic E-state index is 11.5. The van der Waals surface area contributed by atoms with Crippen molar-refractivity contribution >= 4 is 9.84 Å². The Morgan fingerprint density at radius 1 is 1.56 bits per heavy atom. The Morgan fingerprint density at radius 3 is 2.50 bits per heavy atom. The molecule has 1 aromatic heterocycles. The van der Waals surface area contributed by atoms with Gasteiger partial charge in [0.25, 0.3) is 0 Å². The van der Waals surface area contributed by atoms with Gasteiger partial charge in [-0.25, -0.2) is 13.4 Å². The molecule has 0 aliphatic heterocycles. The van der Waals surface area contributed by atoms with Crippen molar-refractivity contribution < 1.29 is 13.5 Å². The van der Waals surface area contributed by atoms with Crippen molar-refractivity contribution in [3.8, 4) is 0 Å². The molecule has 0 radical (unpaired) electrons. The fourth-order valence-electron chi connectivity index (χ4n) is 1.17. The summed E-state index contributed by atoms with van der Waals surface area (Å²) in [6.07, 6.45) is 1.64. The lowest BCUT2D eigenvalue weighted by atomic mass is 10.0. The van der Waals surface area contributed by atoms with Gasteiger partial charge in [-0.15, -0.1) is 0 Å². The van der Waals surface area contributed by atoms with Crippen LogP contribution in [0.3, 0.4) is 0 Å². The van der Waals surface area contributed by atoms with Crippen LogP contribution in [0.25, 0.3) is 0 Å². The second-order valence-electron chi connectivity index (χ2n) is 4.40. The zero-order valence-electron chi connectivity index (χ0n) is 9.88. The molecule has 0 bridgehead atoms. The second-order valence-corrected chi connectivity index (χ2v) is 6.99. The first-order chi connectivity index (χ1) is 7.16. The van der Waals surface area contributed by atoms with Gasteiger partial charge >= 0.3 is 0 Å². The quantitative estimate of drug-likeness (QED) is 0.778. The first-order valence-electron chi connectivity index (χ1n) is 4.87. The molecule has 0 saturated heterocycles. The van der Waals surface area contributed by atoms with Crippen LogP contribution in [0.1, 0.15) is 19.7 Å². The summed E-state index contributed by atoms with van der Waals surface area (Å²) in [7, 11) is -1.63. The normalized spacial score (nSPS) is 15.1. The van der Waals surface area contributed by atoms with Crippen LogP contribution in [-0.2, 0) is 23.3 Å². The Morgan fingerprint density at radius 2 is 2.12 bits per heavy atom. The van der Waals surface area contributed by atoms with Gasteiger partial charge in [-0.1, -0.05) is 0 Å². The Hall–Kier alpha value is -0.950. The Labute approximate surface area is 95.2 Å². The summed E-state index contributed by atoms with van der Waals surface area (Å²) in [6, 6.07) is 0. The number of rotatable bonds is 4. The third kappa shape index (κ3) is 2.41. The van der Waals surface area contributed by atoms with Gasteiger partial charge in [0, 0.05) is 19.7 Å². The molecule has 1 N–H and O–H groups in total. The highest BCUT2D eigenvalue weighted by Gasteiger charge is 2.38. The van der Waals surface area contributed by atoms with Crippen LogP contribution in [0.2, 0.25) is 0 Å². The number of hydrogen-bond donors (Lipinski definition) is 1. The van der Waals surface area contributed by atoms with Crippen LogP contribution < -0.4 is 0 Å². The molecule has 7 heteroatoms. The standard InChI is InChI=1S/C9H17N3O3S/c1-9(2,16(4,14)15)7(13)5-8-10-6-11-12(8)3/h6-7,13H,5H2,1-4H3. The number of nitrogens with zero attached hydrogens (tertiary/aromatic N) is 3. The van der Waals surface area contributed by atoms with Crippen molar-refractivity contribution in [1.82, 2.24) is 14.8 Å². The van der Waals surface area contributed by atoms with E-state index in [-0.39, 0.29) is 6.42 Å². The van der Waals surface area contributed by atoms with Gasteiger partial charge in [0.2, 0.25) is 0 Å². The van der Waals surface area contributed by atoms with E-state index in [0.29, 0.717) is 5.82 Å². The summed E-state index contributed by atoms with van der Waals surface area (Å²) >= 11 is 0. The number of sulfone groups is 1. The maximum absolute atomic E-state index is 11.5. The smallest absolute Gasteiger partial charge is 0.155 e. The molecule has 0 amide bonds. The molecule has 1 rings (SSSR count). The highest BCUT2D eigenvalue weighted by molar-refractivity contribution is 7.92. The summed E-state index contributed by atoms with van der Waals surface area (Å²) in [5.41, 5.74) is 0. The van der Waals surface area contributed by atoms with Crippen LogP contribution in [0.15, 0.2) is 6.33 Å². The Balaban J connectivity index is 2.89. The van der Waals surface area contributed by atoms with Gasteiger partial charge in [0.1, 0.15) is 12.2 Å². The van der Waals surface area contributed by atoms with Gasteiger partial charge in [-0.3, -0.25) is 4.68 Å². The molecular formula is C9H17N3O3S. The van der Waals surface area contributed by atoms with Crippen molar-refractivity contribution in [3.05, 3.63) is 12.2 Å². The van der Waals surface area contributed by atoms with E-state index in [1.807, 2.05) is 0 Å². The summed E-state index contributed by atoms with van der Waals surface area (Å²) in [5.74, 6) is 0.559. The topological polar surface area (TPSA) is 85.1 Å². The van der Waals surface area contributed by atoms with Gasteiger partial charge in [0.05, 0.1) is 10.9 Å². The van der Waals surface area contributed by atoms with E-state index in [2.05, 4.69) is 10.1 Å². The summed E-state index contributed by atoms with van der Waals surface area (Å²) in [5, 5.41) is 13.8. The minimum absolute atomic E-state index is 0.163. The summed E-state index contributed by atoms with van der Waals surface area (Å²) in [6.45, 7) is 3.01. The van der Waals surface area contributed by atoms with Gasteiger partial charge in [0.15, 0.2) is 9.84 Å². The number of hydrogen-bond acceptors (Lipinski definition) is 5. The molecule has 1 unspecified atom stereocenters. The SMILES string of the molecule is Cn1ncnc1CC(O)C(C)(C)S(C)(=O)=O. The number of aryl methyl sites for hydroxylation is 1. The van der Waals surface area contributed by atoms with E-state index in [1.54, 1.807) is 7.05 Å². The average Bonchev–Trinajstić information content (AvgIpc) is 2.49. The minimum Gasteiger partial charge on any atom is -0.391 e. The highest BCUT2D eigenvalue weighted by atomic mass is 32.2. The predicted octanol–water partition coefficient (Wildman–Crippen LogP) is -0.458. The molecule has 0 saturated carbocycles. The lowest BCUT2D eigenvalue weighted by Gasteiger charge is -2.28. The third-order valence-electron chi connectivity index (χ3n) is 2.94. The molecule has 92 valence electrons. The fourth-order valence-corrected chi connectivity index (χ4v) is 1.75. The molecule has 1 aromatic rings. The molecule has 6 nitrogen and oxygen atoms in total. The molecule has 0 fully saturated rings. The van der Waals surface area contributed by atoms with Crippen LogP contribution in [0.4, 0.5) is 0 Å². The molecule has 0 aliphatic carbocycles. The van der Waals surface area contributed by atoms with Crippen molar-refractivity contribution in [3.63, 3.8) is 0 Å². The zero-order chi connectivity index (χ0) is 12.6. The van der Waals surface area contributed by atoms with Gasteiger partial charge in [-0.2, -0.15) is 5.10 Å². The monoisotopic (exact) mass is 247 g/mol. The predicted molar refractivity (Wildman–Crippen MR) is 59.6 cm³/mol. The van der Waals surface area contributed by atoms with E-state index in [1.165, 1.54) is 24.9 Å². The van der Waals surface area contributed by atoms with Crippen molar-refractivity contribution in [2.24, 2.45) is 7.05 Å². The van der Waals surface area contributed by atoms with E-state index >= 15 is 0 Å². The average molecular weight is 247 g/mol. The molecule has 1 heterocycles. The molecular weight excluding hydrogens is 230 g/mol. The number of aliphatic hydroxyl groups is 1. The molecule has 0 aromatic carbocycles. The maximum Gasteiger partial charge on any atom is 0.155 e. The van der Waals surface area contributed by atoms with Gasteiger partial charge < -0.3 is 5.11 Å². The lowest BCUT2D eigenvalue weighted by Crippen LogP contribution is -2.44. The van der Waals surface area contributed by atoms with Crippen LogP contribution >= 0.6 is 0 Å². The number of aromatic nitrogens is 3. The fraction of sp³-hybridized carbons (Fsp3) is 0.778. The molecule has 0 aliphatic rings.